The highest BCUT2D eigenvalue weighted by Gasteiger charge is 2.33. The Balaban J connectivity index is 2.03. The summed E-state index contributed by atoms with van der Waals surface area (Å²) in [5.41, 5.74) is 1.45. The van der Waals surface area contributed by atoms with Crippen molar-refractivity contribution in [2.75, 3.05) is 6.26 Å². The molecule has 0 amide bonds. The van der Waals surface area contributed by atoms with E-state index in [-0.39, 0.29) is 5.54 Å². The highest BCUT2D eigenvalue weighted by molar-refractivity contribution is 8.00. The molecule has 3 nitrogen and oxygen atoms in total. The number of nitrogens with zero attached hydrogens (tertiary/aromatic N) is 2. The van der Waals surface area contributed by atoms with E-state index in [0.717, 1.165) is 13.1 Å². The van der Waals surface area contributed by atoms with Crippen LogP contribution in [0, 0.1) is 0 Å². The van der Waals surface area contributed by atoms with Crippen LogP contribution in [-0.2, 0) is 13.1 Å². The normalized spacial score (nSPS) is 18.9. The molecule has 0 spiro atoms. The van der Waals surface area contributed by atoms with Crippen LogP contribution in [0.25, 0.3) is 0 Å². The molecule has 108 valence electrons. The Hall–Kier alpha value is -0.480. The first-order valence-electron chi connectivity index (χ1n) is 7.23. The summed E-state index contributed by atoms with van der Waals surface area (Å²) in [4.78, 5) is 4.34. The highest BCUT2D eigenvalue weighted by atomic mass is 32.2. The predicted octanol–water partition coefficient (Wildman–Crippen LogP) is 3.45. The molecule has 1 heterocycles. The molecule has 1 aliphatic rings. The Morgan fingerprint density at radius 2 is 2.05 bits per heavy atom. The minimum atomic E-state index is 0.152. The topological polar surface area (TPSA) is 29.9 Å². The van der Waals surface area contributed by atoms with Crippen molar-refractivity contribution >= 4 is 11.8 Å². The zero-order chi connectivity index (χ0) is 13.9. The van der Waals surface area contributed by atoms with Crippen LogP contribution in [0.4, 0.5) is 0 Å². The monoisotopic (exact) mass is 281 g/mol. The van der Waals surface area contributed by atoms with E-state index in [4.69, 9.17) is 0 Å². The zero-order valence-corrected chi connectivity index (χ0v) is 13.5. The number of imidazole rings is 1. The SMILES string of the molecule is CSC1(Cn2cncc2CNC(C)(C)C)CCCC1. The molecule has 2 rings (SSSR count). The number of thioether (sulfide) groups is 1. The second-order valence-electron chi connectivity index (χ2n) is 6.71. The molecular weight excluding hydrogens is 254 g/mol. The third-order valence-corrected chi connectivity index (χ3v) is 5.41. The number of hydrogen-bond donors (Lipinski definition) is 1. The van der Waals surface area contributed by atoms with Crippen LogP contribution >= 0.6 is 11.8 Å². The molecule has 0 radical (unpaired) electrons. The van der Waals surface area contributed by atoms with Crippen LogP contribution in [-0.4, -0.2) is 26.1 Å². The fourth-order valence-corrected chi connectivity index (χ4v) is 3.72. The van der Waals surface area contributed by atoms with Crippen LogP contribution in [0.1, 0.15) is 52.1 Å². The molecule has 1 saturated carbocycles. The molecule has 0 unspecified atom stereocenters. The Bertz CT molecular complexity index is 400. The summed E-state index contributed by atoms with van der Waals surface area (Å²) in [5.74, 6) is 0. The minimum absolute atomic E-state index is 0.152. The average Bonchev–Trinajstić information content (AvgIpc) is 2.96. The summed E-state index contributed by atoms with van der Waals surface area (Å²) in [5, 5.41) is 3.55. The van der Waals surface area contributed by atoms with Crippen LogP contribution in [0.3, 0.4) is 0 Å². The number of hydrogen-bond acceptors (Lipinski definition) is 3. The highest BCUT2D eigenvalue weighted by Crippen LogP contribution is 2.41. The van der Waals surface area contributed by atoms with E-state index in [2.05, 4.69) is 41.9 Å². The van der Waals surface area contributed by atoms with Gasteiger partial charge in [0, 0.05) is 29.6 Å². The third-order valence-electron chi connectivity index (χ3n) is 4.00. The van der Waals surface area contributed by atoms with E-state index in [1.54, 1.807) is 0 Å². The summed E-state index contributed by atoms with van der Waals surface area (Å²) in [6.45, 7) is 8.61. The van der Waals surface area contributed by atoms with Gasteiger partial charge in [0.05, 0.1) is 12.0 Å². The van der Waals surface area contributed by atoms with Crippen molar-refractivity contribution in [3.05, 3.63) is 18.2 Å². The Morgan fingerprint density at radius 1 is 1.37 bits per heavy atom. The van der Waals surface area contributed by atoms with Gasteiger partial charge in [0.2, 0.25) is 0 Å². The maximum atomic E-state index is 4.34. The van der Waals surface area contributed by atoms with E-state index in [0.29, 0.717) is 4.75 Å². The Labute approximate surface area is 121 Å². The lowest BCUT2D eigenvalue weighted by molar-refractivity contribution is 0.409. The lowest BCUT2D eigenvalue weighted by Gasteiger charge is -2.28. The van der Waals surface area contributed by atoms with Crippen molar-refractivity contribution in [2.45, 2.75) is 69.8 Å². The fourth-order valence-electron chi connectivity index (χ4n) is 2.75. The summed E-state index contributed by atoms with van der Waals surface area (Å²) >= 11 is 2.04. The average molecular weight is 281 g/mol. The van der Waals surface area contributed by atoms with Gasteiger partial charge in [-0.2, -0.15) is 11.8 Å². The van der Waals surface area contributed by atoms with E-state index < -0.39 is 0 Å². The molecule has 1 N–H and O–H groups in total. The third kappa shape index (κ3) is 3.99. The maximum absolute atomic E-state index is 4.34. The van der Waals surface area contributed by atoms with Gasteiger partial charge in [-0.3, -0.25) is 0 Å². The second kappa shape index (κ2) is 5.88. The van der Waals surface area contributed by atoms with Crippen molar-refractivity contribution in [2.24, 2.45) is 0 Å². The molecule has 0 aliphatic heterocycles. The van der Waals surface area contributed by atoms with Gasteiger partial charge in [-0.25, -0.2) is 4.98 Å². The summed E-state index contributed by atoms with van der Waals surface area (Å²) < 4.78 is 2.79. The molecule has 1 aromatic rings. The van der Waals surface area contributed by atoms with Crippen LogP contribution in [0.15, 0.2) is 12.5 Å². The van der Waals surface area contributed by atoms with Gasteiger partial charge >= 0.3 is 0 Å². The maximum Gasteiger partial charge on any atom is 0.0949 e. The molecule has 0 aromatic carbocycles. The number of rotatable bonds is 5. The first kappa shape index (κ1) is 14.9. The van der Waals surface area contributed by atoms with E-state index in [1.807, 2.05) is 24.3 Å². The van der Waals surface area contributed by atoms with Gasteiger partial charge in [0.1, 0.15) is 0 Å². The smallest absolute Gasteiger partial charge is 0.0949 e. The summed E-state index contributed by atoms with van der Waals surface area (Å²) in [7, 11) is 0. The van der Waals surface area contributed by atoms with Crippen molar-refractivity contribution in [1.29, 1.82) is 0 Å². The molecular formula is C15H27N3S. The first-order valence-corrected chi connectivity index (χ1v) is 8.46. The van der Waals surface area contributed by atoms with Gasteiger partial charge in [-0.05, 0) is 39.9 Å². The van der Waals surface area contributed by atoms with Crippen molar-refractivity contribution in [3.8, 4) is 0 Å². The molecule has 19 heavy (non-hydrogen) atoms. The van der Waals surface area contributed by atoms with Gasteiger partial charge < -0.3 is 9.88 Å². The molecule has 1 aromatic heterocycles. The van der Waals surface area contributed by atoms with Crippen molar-refractivity contribution in [3.63, 3.8) is 0 Å². The molecule has 1 aliphatic carbocycles. The predicted molar refractivity (Wildman–Crippen MR) is 83.5 cm³/mol. The Morgan fingerprint density at radius 3 is 2.63 bits per heavy atom. The molecule has 4 heteroatoms. The largest absolute Gasteiger partial charge is 0.332 e. The number of nitrogens with one attached hydrogen (secondary N) is 1. The molecule has 0 saturated heterocycles. The van der Waals surface area contributed by atoms with Crippen molar-refractivity contribution in [1.82, 2.24) is 14.9 Å². The minimum Gasteiger partial charge on any atom is -0.332 e. The van der Waals surface area contributed by atoms with Crippen LogP contribution in [0.5, 0.6) is 0 Å². The fraction of sp³-hybridized carbons (Fsp3) is 0.800. The first-order chi connectivity index (χ1) is 8.94. The van der Waals surface area contributed by atoms with Crippen LogP contribution < -0.4 is 5.32 Å². The summed E-state index contributed by atoms with van der Waals surface area (Å²) in [6, 6.07) is 0. The van der Waals surface area contributed by atoms with Gasteiger partial charge in [0.15, 0.2) is 0 Å². The van der Waals surface area contributed by atoms with Gasteiger partial charge in [-0.15, -0.1) is 0 Å². The van der Waals surface area contributed by atoms with Crippen LogP contribution in [0.2, 0.25) is 0 Å². The lowest BCUT2D eigenvalue weighted by atomic mass is 10.1. The van der Waals surface area contributed by atoms with Gasteiger partial charge in [-0.1, -0.05) is 12.8 Å². The standard InChI is InChI=1S/C15H27N3S/c1-14(2,3)17-10-13-9-16-12-18(13)11-15(19-4)7-5-6-8-15/h9,12,17H,5-8,10-11H2,1-4H3. The number of aromatic nitrogens is 2. The lowest BCUT2D eigenvalue weighted by Crippen LogP contribution is -2.36. The Kier molecular flexibility index (Phi) is 4.62. The van der Waals surface area contributed by atoms with Crippen molar-refractivity contribution < 1.29 is 0 Å². The second-order valence-corrected chi connectivity index (χ2v) is 7.98. The molecule has 0 atom stereocenters. The van der Waals surface area contributed by atoms with E-state index in [9.17, 15) is 0 Å². The molecule has 0 bridgehead atoms. The van der Waals surface area contributed by atoms with E-state index >= 15 is 0 Å². The zero-order valence-electron chi connectivity index (χ0n) is 12.7. The molecule has 1 fully saturated rings. The quantitative estimate of drug-likeness (QED) is 0.896. The van der Waals surface area contributed by atoms with E-state index in [1.165, 1.54) is 31.4 Å². The summed E-state index contributed by atoms with van der Waals surface area (Å²) in [6.07, 6.45) is 11.7. The van der Waals surface area contributed by atoms with Gasteiger partial charge in [0.25, 0.3) is 0 Å².